The van der Waals surface area contributed by atoms with Crippen molar-refractivity contribution in [2.45, 2.75) is 78.2 Å². The number of halogens is 4. The molecule has 0 aliphatic carbocycles. The molecule has 0 spiro atoms. The van der Waals surface area contributed by atoms with Crippen LogP contribution in [0.2, 0.25) is 0 Å². The van der Waals surface area contributed by atoms with E-state index in [9.17, 15) is 22.8 Å². The van der Waals surface area contributed by atoms with Crippen molar-refractivity contribution in [3.8, 4) is 0 Å². The molecule has 0 bridgehead atoms. The second-order valence-electron chi connectivity index (χ2n) is 13.6. The number of carbonyl (C=O) groups is 2. The average molecular weight is 845 g/mol. The summed E-state index contributed by atoms with van der Waals surface area (Å²) in [5.41, 5.74) is 3.93. The Kier molecular flexibility index (Phi) is 20.3. The van der Waals surface area contributed by atoms with Gasteiger partial charge in [-0.1, -0.05) is 160 Å². The summed E-state index contributed by atoms with van der Waals surface area (Å²) >= 11 is 3.65. The molecule has 1 aliphatic rings. The molecule has 304 valence electrons. The summed E-state index contributed by atoms with van der Waals surface area (Å²) in [6.45, 7) is 16.4. The maximum atomic E-state index is 14.6. The molecule has 5 rings (SSSR count). The van der Waals surface area contributed by atoms with Crippen molar-refractivity contribution < 1.29 is 22.8 Å². The Labute approximate surface area is 346 Å². The molecule has 1 heterocycles. The minimum absolute atomic E-state index is 0.127. The number of benzene rings is 4. The summed E-state index contributed by atoms with van der Waals surface area (Å²) in [7, 11) is 0. The van der Waals surface area contributed by atoms with E-state index < -0.39 is 23.7 Å². The van der Waals surface area contributed by atoms with Gasteiger partial charge < -0.3 is 9.80 Å². The van der Waals surface area contributed by atoms with Gasteiger partial charge in [0.05, 0.1) is 5.56 Å². The molecule has 0 radical (unpaired) electrons. The van der Waals surface area contributed by atoms with E-state index in [2.05, 4.69) is 65.2 Å². The van der Waals surface area contributed by atoms with Crippen LogP contribution in [0.5, 0.6) is 0 Å². The van der Waals surface area contributed by atoms with Crippen LogP contribution in [0, 0.1) is 0 Å². The monoisotopic (exact) mass is 843 g/mol. The Morgan fingerprint density at radius 3 is 1.96 bits per heavy atom. The van der Waals surface area contributed by atoms with E-state index in [1.807, 2.05) is 73.3 Å². The zero-order valence-corrected chi connectivity index (χ0v) is 35.2. The Hall–Kier alpha value is -4.73. The van der Waals surface area contributed by atoms with Crippen LogP contribution in [0.25, 0.3) is 6.08 Å². The van der Waals surface area contributed by atoms with Crippen LogP contribution in [0.15, 0.2) is 139 Å². The third-order valence-corrected chi connectivity index (χ3v) is 10.3. The number of alkyl halides is 3. The number of hydrogen-bond donors (Lipinski definition) is 0. The summed E-state index contributed by atoms with van der Waals surface area (Å²) in [5.74, 6) is -0.521. The summed E-state index contributed by atoms with van der Waals surface area (Å²) < 4.78 is 40.4. The minimum Gasteiger partial charge on any atom is -0.338 e. The van der Waals surface area contributed by atoms with Gasteiger partial charge >= 0.3 is 6.18 Å². The molecule has 4 aromatic carbocycles. The SMILES string of the molecule is C=CC=C.CC.CCCCCc1ccc(CN(C(=O)/C=C/c2ccc(C(F)(F)F)cc2)[C@@H](Cc2ccccc2Br)C(=O)N2CCN(Cc3ccccc3)CC2)cc1. The number of amides is 2. The van der Waals surface area contributed by atoms with E-state index in [0.717, 1.165) is 60.0 Å². The highest BCUT2D eigenvalue weighted by Gasteiger charge is 2.35. The van der Waals surface area contributed by atoms with Crippen LogP contribution in [0.1, 0.15) is 73.4 Å². The summed E-state index contributed by atoms with van der Waals surface area (Å²) in [6.07, 6.45) is 6.38. The lowest BCUT2D eigenvalue weighted by atomic mass is 10.0. The van der Waals surface area contributed by atoms with Gasteiger partial charge in [0, 0.05) is 56.2 Å². The van der Waals surface area contributed by atoms with Crippen LogP contribution >= 0.6 is 15.9 Å². The largest absolute Gasteiger partial charge is 0.416 e. The van der Waals surface area contributed by atoms with E-state index in [-0.39, 0.29) is 12.5 Å². The number of piperazine rings is 1. The van der Waals surface area contributed by atoms with Gasteiger partial charge in [-0.05, 0) is 64.9 Å². The molecule has 1 saturated heterocycles. The number of allylic oxidation sites excluding steroid dienone is 2. The van der Waals surface area contributed by atoms with Crippen LogP contribution in [0.4, 0.5) is 13.2 Å². The molecule has 5 nitrogen and oxygen atoms in total. The topological polar surface area (TPSA) is 43.9 Å². The fraction of sp³-hybridized carbons (Fsp3) is 0.333. The van der Waals surface area contributed by atoms with E-state index in [1.54, 1.807) is 17.1 Å². The fourth-order valence-electron chi connectivity index (χ4n) is 6.36. The predicted molar refractivity (Wildman–Crippen MR) is 232 cm³/mol. The quantitative estimate of drug-likeness (QED) is 0.0680. The highest BCUT2D eigenvalue weighted by Crippen LogP contribution is 2.29. The number of carbonyl (C=O) groups excluding carboxylic acids is 2. The second kappa shape index (κ2) is 24.8. The molecule has 0 N–H and O–H groups in total. The number of unbranched alkanes of at least 4 members (excludes halogenated alkanes) is 2. The molecule has 2 amide bonds. The van der Waals surface area contributed by atoms with Crippen molar-refractivity contribution in [3.05, 3.63) is 172 Å². The van der Waals surface area contributed by atoms with Crippen molar-refractivity contribution in [3.63, 3.8) is 0 Å². The maximum Gasteiger partial charge on any atom is 0.416 e. The smallest absolute Gasteiger partial charge is 0.338 e. The van der Waals surface area contributed by atoms with Gasteiger partial charge in [-0.3, -0.25) is 14.5 Å². The van der Waals surface area contributed by atoms with Gasteiger partial charge in [0.2, 0.25) is 11.8 Å². The van der Waals surface area contributed by atoms with Gasteiger partial charge in [0.15, 0.2) is 0 Å². The van der Waals surface area contributed by atoms with E-state index in [1.165, 1.54) is 35.4 Å². The lowest BCUT2D eigenvalue weighted by Crippen LogP contribution is -2.56. The summed E-state index contributed by atoms with van der Waals surface area (Å²) in [5, 5.41) is 0. The Balaban J connectivity index is 0.00000136. The molecule has 0 saturated carbocycles. The third kappa shape index (κ3) is 15.6. The van der Waals surface area contributed by atoms with Crippen LogP contribution in [0.3, 0.4) is 0 Å². The molecule has 1 atom stereocenters. The molecular weight excluding hydrogens is 787 g/mol. The molecule has 1 fully saturated rings. The van der Waals surface area contributed by atoms with Crippen molar-refractivity contribution in [1.82, 2.24) is 14.7 Å². The Morgan fingerprint density at radius 1 is 0.789 bits per heavy atom. The van der Waals surface area contributed by atoms with Crippen molar-refractivity contribution in [1.29, 1.82) is 0 Å². The summed E-state index contributed by atoms with van der Waals surface area (Å²) in [4.78, 5) is 34.6. The van der Waals surface area contributed by atoms with Crippen molar-refractivity contribution >= 4 is 33.8 Å². The third-order valence-electron chi connectivity index (χ3n) is 9.52. The highest BCUT2D eigenvalue weighted by molar-refractivity contribution is 9.10. The number of rotatable bonds is 15. The van der Waals surface area contributed by atoms with Crippen LogP contribution in [-0.4, -0.2) is 58.7 Å². The van der Waals surface area contributed by atoms with E-state index >= 15 is 0 Å². The Morgan fingerprint density at radius 2 is 1.39 bits per heavy atom. The minimum atomic E-state index is -4.45. The second-order valence-corrected chi connectivity index (χ2v) is 14.4. The number of aryl methyl sites for hydroxylation is 1. The zero-order valence-electron chi connectivity index (χ0n) is 33.6. The van der Waals surface area contributed by atoms with Crippen molar-refractivity contribution in [2.24, 2.45) is 0 Å². The van der Waals surface area contributed by atoms with Crippen molar-refractivity contribution in [2.75, 3.05) is 26.2 Å². The van der Waals surface area contributed by atoms with Gasteiger partial charge in [0.1, 0.15) is 6.04 Å². The first kappa shape index (κ1) is 46.7. The van der Waals surface area contributed by atoms with E-state index in [4.69, 9.17) is 0 Å². The van der Waals surface area contributed by atoms with Gasteiger partial charge in [-0.25, -0.2) is 0 Å². The number of hydrogen-bond acceptors (Lipinski definition) is 3. The molecule has 57 heavy (non-hydrogen) atoms. The first-order valence-electron chi connectivity index (χ1n) is 19.8. The molecule has 4 aromatic rings. The standard InChI is InChI=1S/C42H45BrF3N3O2.C4H6.C2H6/c1-2-3-5-10-32-15-17-35(18-16-32)31-49(40(50)24-21-33-19-22-37(23-20-33)42(44,45)46)39(29-36-13-8-9-14-38(36)43)41(51)48-27-25-47(26-28-48)30-34-11-6-4-7-12-34;1-3-4-2;1-2/h4,6-9,11-24,39H,2-3,5,10,25-31H2,1H3;3-4H,1-2H2;1-2H3/b24-21+;;/t39-;;/m0../s1. The normalized spacial score (nSPS) is 13.4. The fourth-order valence-corrected chi connectivity index (χ4v) is 6.80. The summed E-state index contributed by atoms with van der Waals surface area (Å²) in [6, 6.07) is 30.0. The van der Waals surface area contributed by atoms with Gasteiger partial charge in [-0.15, -0.1) is 0 Å². The predicted octanol–water partition coefficient (Wildman–Crippen LogP) is 11.6. The molecule has 1 aliphatic heterocycles. The molecule has 9 heteroatoms. The van der Waals surface area contributed by atoms with E-state index in [0.29, 0.717) is 38.2 Å². The lowest BCUT2D eigenvalue weighted by molar-refractivity contribution is -0.145. The molecule has 0 unspecified atom stereocenters. The molecular formula is C48H57BrF3N3O2. The first-order valence-corrected chi connectivity index (χ1v) is 20.6. The lowest BCUT2D eigenvalue weighted by Gasteiger charge is -2.39. The maximum absolute atomic E-state index is 14.6. The number of nitrogens with zero attached hydrogens (tertiary/aromatic N) is 3. The van der Waals surface area contributed by atoms with Crippen LogP contribution in [-0.2, 0) is 41.7 Å². The average Bonchev–Trinajstić information content (AvgIpc) is 3.23. The van der Waals surface area contributed by atoms with Gasteiger partial charge in [-0.2, -0.15) is 13.2 Å². The first-order chi connectivity index (χ1) is 27.5. The zero-order chi connectivity index (χ0) is 41.6. The van der Waals surface area contributed by atoms with Crippen LogP contribution < -0.4 is 0 Å². The van der Waals surface area contributed by atoms with Gasteiger partial charge in [0.25, 0.3) is 0 Å². The Bertz CT molecular complexity index is 1830. The molecule has 0 aromatic heterocycles. The highest BCUT2D eigenvalue weighted by atomic mass is 79.9.